The van der Waals surface area contributed by atoms with E-state index in [1.165, 1.54) is 4.70 Å². The first-order valence-electron chi connectivity index (χ1n) is 6.59. The Morgan fingerprint density at radius 2 is 2.05 bits per heavy atom. The molecule has 1 atom stereocenters. The fraction of sp³-hybridized carbons (Fsp3) is 0.188. The van der Waals surface area contributed by atoms with Gasteiger partial charge in [-0.15, -0.1) is 11.3 Å². The summed E-state index contributed by atoms with van der Waals surface area (Å²) in [5.41, 5.74) is 2.14. The minimum absolute atomic E-state index is 0.279. The molecule has 1 aliphatic rings. The number of hydrogen-bond acceptors (Lipinski definition) is 4. The van der Waals surface area contributed by atoms with Crippen molar-refractivity contribution < 1.29 is 9.47 Å². The number of epoxide rings is 1. The highest BCUT2D eigenvalue weighted by Crippen LogP contribution is 2.32. The van der Waals surface area contributed by atoms with Gasteiger partial charge in [0.2, 0.25) is 0 Å². The van der Waals surface area contributed by atoms with Crippen molar-refractivity contribution in [2.75, 3.05) is 13.2 Å². The fourth-order valence-electron chi connectivity index (χ4n) is 2.05. The second-order valence-electron chi connectivity index (χ2n) is 4.78. The third kappa shape index (κ3) is 2.40. The molecule has 0 spiro atoms. The Labute approximate surface area is 120 Å². The van der Waals surface area contributed by atoms with E-state index in [1.807, 2.05) is 30.3 Å². The average molecular weight is 283 g/mol. The number of aromatic nitrogens is 1. The summed E-state index contributed by atoms with van der Waals surface area (Å²) in [6.07, 6.45) is 0.279. The minimum Gasteiger partial charge on any atom is -0.491 e. The van der Waals surface area contributed by atoms with Crippen LogP contribution in [-0.2, 0) is 4.74 Å². The maximum atomic E-state index is 5.69. The van der Waals surface area contributed by atoms with E-state index >= 15 is 0 Å². The van der Waals surface area contributed by atoms with Crippen LogP contribution in [0.2, 0.25) is 0 Å². The summed E-state index contributed by atoms with van der Waals surface area (Å²) in [7, 11) is 0. The van der Waals surface area contributed by atoms with Crippen LogP contribution in [0.15, 0.2) is 48.5 Å². The smallest absolute Gasteiger partial charge is 0.124 e. The molecule has 3 nitrogen and oxygen atoms in total. The third-order valence-corrected chi connectivity index (χ3v) is 4.30. The molecule has 0 N–H and O–H groups in total. The molecule has 4 rings (SSSR count). The predicted molar refractivity (Wildman–Crippen MR) is 80.3 cm³/mol. The van der Waals surface area contributed by atoms with E-state index in [0.29, 0.717) is 6.61 Å². The molecule has 0 amide bonds. The molecule has 1 aromatic heterocycles. The van der Waals surface area contributed by atoms with Gasteiger partial charge in [-0.25, -0.2) is 4.98 Å². The van der Waals surface area contributed by atoms with Gasteiger partial charge in [0.15, 0.2) is 0 Å². The number of hydrogen-bond donors (Lipinski definition) is 0. The third-order valence-electron chi connectivity index (χ3n) is 3.22. The highest BCUT2D eigenvalue weighted by Gasteiger charge is 2.23. The Morgan fingerprint density at radius 3 is 2.85 bits per heavy atom. The second-order valence-corrected chi connectivity index (χ2v) is 5.81. The number of rotatable bonds is 4. The molecule has 3 aromatic rings. The van der Waals surface area contributed by atoms with Crippen molar-refractivity contribution in [3.8, 4) is 16.3 Å². The Morgan fingerprint density at radius 1 is 1.20 bits per heavy atom. The zero-order chi connectivity index (χ0) is 13.4. The van der Waals surface area contributed by atoms with E-state index in [-0.39, 0.29) is 6.10 Å². The number of nitrogens with zero attached hydrogens (tertiary/aromatic N) is 1. The maximum Gasteiger partial charge on any atom is 0.124 e. The van der Waals surface area contributed by atoms with Crippen LogP contribution in [0.5, 0.6) is 5.75 Å². The van der Waals surface area contributed by atoms with E-state index in [2.05, 4.69) is 18.2 Å². The molecule has 1 saturated heterocycles. The van der Waals surface area contributed by atoms with Gasteiger partial charge in [0.25, 0.3) is 0 Å². The molecule has 20 heavy (non-hydrogen) atoms. The highest BCUT2D eigenvalue weighted by molar-refractivity contribution is 7.21. The Bertz CT molecular complexity index is 735. The monoisotopic (exact) mass is 283 g/mol. The van der Waals surface area contributed by atoms with Gasteiger partial charge >= 0.3 is 0 Å². The van der Waals surface area contributed by atoms with Crippen molar-refractivity contribution in [3.05, 3.63) is 48.5 Å². The number of benzene rings is 2. The first kappa shape index (κ1) is 11.9. The van der Waals surface area contributed by atoms with Crippen LogP contribution in [0.4, 0.5) is 0 Å². The zero-order valence-electron chi connectivity index (χ0n) is 10.8. The molecule has 1 unspecified atom stereocenters. The molecule has 2 aromatic carbocycles. The van der Waals surface area contributed by atoms with Crippen molar-refractivity contribution in [1.29, 1.82) is 0 Å². The lowest BCUT2D eigenvalue weighted by molar-refractivity contribution is 0.263. The summed E-state index contributed by atoms with van der Waals surface area (Å²) in [6, 6.07) is 16.3. The number of fused-ring (bicyclic) bond motifs is 1. The van der Waals surface area contributed by atoms with Crippen molar-refractivity contribution in [2.45, 2.75) is 6.10 Å². The summed E-state index contributed by atoms with van der Waals surface area (Å²) < 4.78 is 12.0. The molecule has 1 aliphatic heterocycles. The van der Waals surface area contributed by atoms with Crippen molar-refractivity contribution in [2.24, 2.45) is 0 Å². The van der Waals surface area contributed by atoms with Crippen molar-refractivity contribution in [1.82, 2.24) is 4.98 Å². The molecule has 100 valence electrons. The van der Waals surface area contributed by atoms with E-state index in [9.17, 15) is 0 Å². The van der Waals surface area contributed by atoms with Crippen molar-refractivity contribution >= 4 is 21.6 Å². The van der Waals surface area contributed by atoms with Crippen LogP contribution >= 0.6 is 11.3 Å². The van der Waals surface area contributed by atoms with E-state index in [0.717, 1.165) is 28.4 Å². The number of ether oxygens (including phenoxy) is 2. The summed E-state index contributed by atoms with van der Waals surface area (Å²) in [5, 5.41) is 1.04. The molecule has 4 heteroatoms. The molecule has 0 bridgehead atoms. The molecular formula is C16H13NO2S. The lowest BCUT2D eigenvalue weighted by atomic mass is 10.2. The normalized spacial score (nSPS) is 17.3. The highest BCUT2D eigenvalue weighted by atomic mass is 32.1. The van der Waals surface area contributed by atoms with Crippen LogP contribution < -0.4 is 4.74 Å². The van der Waals surface area contributed by atoms with Crippen LogP contribution in [0.1, 0.15) is 0 Å². The largest absolute Gasteiger partial charge is 0.491 e. The zero-order valence-corrected chi connectivity index (χ0v) is 11.6. The Hall–Kier alpha value is -1.91. The SMILES string of the molecule is c1ccc(-c2nc3cc(OCC4CO4)ccc3s2)cc1. The van der Waals surface area contributed by atoms with Gasteiger partial charge < -0.3 is 9.47 Å². The standard InChI is InChI=1S/C16H13NO2S/c1-2-4-11(5-3-1)16-17-14-8-12(6-7-15(14)20-16)18-9-13-10-19-13/h1-8,13H,9-10H2. The lowest BCUT2D eigenvalue weighted by Crippen LogP contribution is -2.03. The summed E-state index contributed by atoms with van der Waals surface area (Å²) in [5.74, 6) is 0.859. The fourth-order valence-corrected chi connectivity index (χ4v) is 3.01. The average Bonchev–Trinajstić information content (AvgIpc) is 3.23. The van der Waals surface area contributed by atoms with Gasteiger partial charge in [0.05, 0.1) is 16.8 Å². The first-order chi connectivity index (χ1) is 9.88. The predicted octanol–water partition coefficient (Wildman–Crippen LogP) is 3.74. The van der Waals surface area contributed by atoms with Crippen molar-refractivity contribution in [3.63, 3.8) is 0 Å². The first-order valence-corrected chi connectivity index (χ1v) is 7.40. The molecule has 0 radical (unpaired) electrons. The van der Waals surface area contributed by atoms with Gasteiger partial charge in [0, 0.05) is 11.6 Å². The molecule has 0 aliphatic carbocycles. The van der Waals surface area contributed by atoms with Crippen LogP contribution in [0.3, 0.4) is 0 Å². The quantitative estimate of drug-likeness (QED) is 0.684. The summed E-state index contributed by atoms with van der Waals surface area (Å²) >= 11 is 1.70. The van der Waals surface area contributed by atoms with E-state index in [4.69, 9.17) is 14.5 Å². The van der Waals surface area contributed by atoms with E-state index in [1.54, 1.807) is 11.3 Å². The van der Waals surface area contributed by atoms with Crippen LogP contribution in [0, 0.1) is 0 Å². The summed E-state index contributed by atoms with van der Waals surface area (Å²) in [6.45, 7) is 1.44. The maximum absolute atomic E-state index is 5.69. The van der Waals surface area contributed by atoms with Crippen LogP contribution in [-0.4, -0.2) is 24.3 Å². The topological polar surface area (TPSA) is 34.6 Å². The molecule has 2 heterocycles. The van der Waals surface area contributed by atoms with Crippen LogP contribution in [0.25, 0.3) is 20.8 Å². The molecular weight excluding hydrogens is 270 g/mol. The van der Waals surface area contributed by atoms with Gasteiger partial charge in [0.1, 0.15) is 23.5 Å². The Balaban J connectivity index is 1.64. The Kier molecular flexibility index (Phi) is 2.90. The summed E-state index contributed by atoms with van der Waals surface area (Å²) in [4.78, 5) is 4.69. The second kappa shape index (κ2) is 4.89. The van der Waals surface area contributed by atoms with Gasteiger partial charge in [-0.2, -0.15) is 0 Å². The van der Waals surface area contributed by atoms with Gasteiger partial charge in [-0.05, 0) is 12.1 Å². The van der Waals surface area contributed by atoms with E-state index < -0.39 is 0 Å². The number of thiazole rings is 1. The van der Waals surface area contributed by atoms with Gasteiger partial charge in [-0.3, -0.25) is 0 Å². The molecule has 0 saturated carbocycles. The lowest BCUT2D eigenvalue weighted by Gasteiger charge is -2.02. The van der Waals surface area contributed by atoms with Gasteiger partial charge in [-0.1, -0.05) is 30.3 Å². The molecule has 1 fully saturated rings. The minimum atomic E-state index is 0.279.